The summed E-state index contributed by atoms with van der Waals surface area (Å²) in [6.07, 6.45) is 67.6. The highest BCUT2D eigenvalue weighted by Gasteiger charge is 2.24. The van der Waals surface area contributed by atoms with Crippen molar-refractivity contribution in [2.75, 3.05) is 6.61 Å². The van der Waals surface area contributed by atoms with Gasteiger partial charge in [-0.1, -0.05) is 221 Å². The molecular formula is C58H99NO5. The number of hydrogen-bond donors (Lipinski definition) is 3. The molecule has 0 bridgehead atoms. The second kappa shape index (κ2) is 50.8. The third kappa shape index (κ3) is 45.4. The number of carbonyl (C=O) groups is 2. The van der Waals surface area contributed by atoms with Gasteiger partial charge < -0.3 is 20.3 Å². The minimum absolute atomic E-state index is 0.0237. The third-order valence-corrected chi connectivity index (χ3v) is 11.4. The molecule has 0 aliphatic rings. The topological polar surface area (TPSA) is 95.9 Å². The smallest absolute Gasteiger partial charge is 0.306 e. The molecule has 0 radical (unpaired) electrons. The molecule has 6 nitrogen and oxygen atoms in total. The first-order valence-corrected chi connectivity index (χ1v) is 26.5. The average molecular weight is 890 g/mol. The quantitative estimate of drug-likeness (QED) is 0.0321. The number of amides is 1. The Labute approximate surface area is 395 Å². The molecule has 0 aliphatic carbocycles. The minimum atomic E-state index is -0.813. The van der Waals surface area contributed by atoms with E-state index in [-0.39, 0.29) is 24.9 Å². The van der Waals surface area contributed by atoms with Gasteiger partial charge in [0.25, 0.3) is 0 Å². The van der Waals surface area contributed by atoms with Crippen LogP contribution in [0.2, 0.25) is 0 Å². The summed E-state index contributed by atoms with van der Waals surface area (Å²) in [6.45, 7) is 6.23. The zero-order valence-corrected chi connectivity index (χ0v) is 41.6. The normalized spacial score (nSPS) is 14.0. The summed E-state index contributed by atoms with van der Waals surface area (Å²) < 4.78 is 5.88. The van der Waals surface area contributed by atoms with Gasteiger partial charge in [0.05, 0.1) is 25.2 Å². The molecule has 64 heavy (non-hydrogen) atoms. The van der Waals surface area contributed by atoms with Gasteiger partial charge >= 0.3 is 5.97 Å². The molecule has 3 N–H and O–H groups in total. The lowest BCUT2D eigenvalue weighted by atomic mass is 10.0. The molecule has 0 spiro atoms. The Morgan fingerprint density at radius 1 is 0.469 bits per heavy atom. The van der Waals surface area contributed by atoms with Crippen LogP contribution < -0.4 is 5.32 Å². The lowest BCUT2D eigenvalue weighted by molar-refractivity contribution is -0.151. The number of carbonyl (C=O) groups excluding carboxylic acids is 2. The molecule has 0 aromatic rings. The molecule has 0 rings (SSSR count). The van der Waals surface area contributed by atoms with Crippen molar-refractivity contribution in [3.63, 3.8) is 0 Å². The number of nitrogens with one attached hydrogen (secondary N) is 1. The Morgan fingerprint density at radius 2 is 0.844 bits per heavy atom. The summed E-state index contributed by atoms with van der Waals surface area (Å²) in [4.78, 5) is 26.1. The maximum atomic E-state index is 13.2. The SMILES string of the molecule is CC/C=C\C/C=C\C/C=C\C/C=C\C/C=C\CCCC(=O)OC(CCCC/C=C/C/C=C/C/C=C/CC)CC(=O)NC(CO)C(O)CCCCCCCCCCCCCCCCCC. The van der Waals surface area contributed by atoms with Crippen molar-refractivity contribution in [3.05, 3.63) is 97.2 Å². The van der Waals surface area contributed by atoms with E-state index >= 15 is 0 Å². The van der Waals surface area contributed by atoms with Crippen LogP contribution in [0.3, 0.4) is 0 Å². The second-order valence-corrected chi connectivity index (χ2v) is 17.5. The van der Waals surface area contributed by atoms with Crippen molar-refractivity contribution in [1.82, 2.24) is 5.32 Å². The van der Waals surface area contributed by atoms with Crippen molar-refractivity contribution in [1.29, 1.82) is 0 Å². The van der Waals surface area contributed by atoms with Crippen LogP contribution in [0.4, 0.5) is 0 Å². The number of esters is 1. The van der Waals surface area contributed by atoms with Crippen LogP contribution in [0, 0.1) is 0 Å². The van der Waals surface area contributed by atoms with E-state index in [4.69, 9.17) is 4.74 Å². The van der Waals surface area contributed by atoms with Gasteiger partial charge in [-0.15, -0.1) is 0 Å². The van der Waals surface area contributed by atoms with Gasteiger partial charge in [-0.25, -0.2) is 0 Å². The van der Waals surface area contributed by atoms with E-state index in [1.165, 1.54) is 83.5 Å². The average Bonchev–Trinajstić information content (AvgIpc) is 3.29. The van der Waals surface area contributed by atoms with Crippen molar-refractivity contribution >= 4 is 11.9 Å². The van der Waals surface area contributed by atoms with Gasteiger partial charge in [0.1, 0.15) is 6.10 Å². The third-order valence-electron chi connectivity index (χ3n) is 11.4. The van der Waals surface area contributed by atoms with Crippen LogP contribution in [0.25, 0.3) is 0 Å². The molecule has 3 atom stereocenters. The Hall–Kier alpha value is -3.22. The van der Waals surface area contributed by atoms with Crippen LogP contribution in [-0.4, -0.2) is 46.9 Å². The van der Waals surface area contributed by atoms with Gasteiger partial charge in [-0.3, -0.25) is 9.59 Å². The largest absolute Gasteiger partial charge is 0.462 e. The Morgan fingerprint density at radius 3 is 1.27 bits per heavy atom. The monoisotopic (exact) mass is 890 g/mol. The summed E-state index contributed by atoms with van der Waals surface area (Å²) in [5.41, 5.74) is 0. The molecule has 0 aliphatic heterocycles. The van der Waals surface area contributed by atoms with Crippen molar-refractivity contribution in [2.24, 2.45) is 0 Å². The molecule has 0 fully saturated rings. The molecule has 3 unspecified atom stereocenters. The van der Waals surface area contributed by atoms with Crippen LogP contribution in [0.5, 0.6) is 0 Å². The second-order valence-electron chi connectivity index (χ2n) is 17.5. The first-order valence-electron chi connectivity index (χ1n) is 26.5. The Bertz CT molecular complexity index is 1270. The minimum Gasteiger partial charge on any atom is -0.462 e. The summed E-state index contributed by atoms with van der Waals surface area (Å²) in [6, 6.07) is -0.731. The zero-order valence-electron chi connectivity index (χ0n) is 41.6. The van der Waals surface area contributed by atoms with E-state index in [1.54, 1.807) is 0 Å². The first-order chi connectivity index (χ1) is 31.5. The van der Waals surface area contributed by atoms with E-state index < -0.39 is 18.2 Å². The molecule has 0 aromatic carbocycles. The number of hydrogen-bond acceptors (Lipinski definition) is 5. The van der Waals surface area contributed by atoms with Crippen LogP contribution >= 0.6 is 0 Å². The van der Waals surface area contributed by atoms with E-state index in [1.807, 2.05) is 0 Å². The molecule has 0 heterocycles. The molecule has 0 saturated carbocycles. The summed E-state index contributed by atoms with van der Waals surface area (Å²) in [7, 11) is 0. The summed E-state index contributed by atoms with van der Waals surface area (Å²) >= 11 is 0. The van der Waals surface area contributed by atoms with Gasteiger partial charge in [-0.2, -0.15) is 0 Å². The summed E-state index contributed by atoms with van der Waals surface area (Å²) in [5, 5.41) is 23.8. The zero-order chi connectivity index (χ0) is 46.7. The molecule has 0 aromatic heterocycles. The first kappa shape index (κ1) is 60.8. The lowest BCUT2D eigenvalue weighted by Crippen LogP contribution is -2.46. The van der Waals surface area contributed by atoms with E-state index in [0.29, 0.717) is 25.7 Å². The fourth-order valence-corrected chi connectivity index (χ4v) is 7.48. The van der Waals surface area contributed by atoms with Crippen LogP contribution in [-0.2, 0) is 14.3 Å². The predicted octanol–water partition coefficient (Wildman–Crippen LogP) is 16.1. The number of aliphatic hydroxyl groups is 2. The molecule has 6 heteroatoms. The fraction of sp³-hybridized carbons (Fsp3) is 0.690. The summed E-state index contributed by atoms with van der Waals surface area (Å²) in [5.74, 6) is -0.588. The standard InChI is InChI=1S/C58H99NO5/c1-4-7-10-13-16-19-22-25-27-29-31-33-36-39-42-45-48-51-58(63)64-54(49-46-43-40-37-34-24-21-18-15-12-9-6-3)52-57(62)59-55(53-60)56(61)50-47-44-41-38-35-32-30-28-26-23-20-17-14-11-8-5-2/h7,9-10,12,16,18-19,21,25,27,31,33-34,37,39,42,54-56,60-61H,4-6,8,11,13-15,17,20,22-24,26,28-30,32,35-36,38,40-41,43-53H2,1-3H3,(H,59,62)/b10-7-,12-9+,19-16-,21-18+,27-25-,33-31-,37-34+,42-39-. The van der Waals surface area contributed by atoms with Gasteiger partial charge in [-0.05, 0) is 96.3 Å². The van der Waals surface area contributed by atoms with Gasteiger partial charge in [0.15, 0.2) is 0 Å². The highest BCUT2D eigenvalue weighted by atomic mass is 16.5. The van der Waals surface area contributed by atoms with E-state index in [9.17, 15) is 19.8 Å². The maximum Gasteiger partial charge on any atom is 0.306 e. The highest BCUT2D eigenvalue weighted by molar-refractivity contribution is 5.77. The van der Waals surface area contributed by atoms with Crippen LogP contribution in [0.15, 0.2) is 97.2 Å². The Balaban J connectivity index is 4.66. The molecular weight excluding hydrogens is 791 g/mol. The Kier molecular flexibility index (Phi) is 48.2. The maximum absolute atomic E-state index is 13.2. The lowest BCUT2D eigenvalue weighted by Gasteiger charge is -2.24. The van der Waals surface area contributed by atoms with Gasteiger partial charge in [0, 0.05) is 6.42 Å². The van der Waals surface area contributed by atoms with E-state index in [0.717, 1.165) is 96.3 Å². The van der Waals surface area contributed by atoms with Gasteiger partial charge in [0.2, 0.25) is 5.91 Å². The highest BCUT2D eigenvalue weighted by Crippen LogP contribution is 2.17. The molecule has 1 amide bonds. The van der Waals surface area contributed by atoms with Crippen LogP contribution in [0.1, 0.15) is 233 Å². The van der Waals surface area contributed by atoms with E-state index in [2.05, 4.69) is 123 Å². The number of ether oxygens (including phenoxy) is 1. The van der Waals surface area contributed by atoms with Crippen molar-refractivity contribution in [2.45, 2.75) is 251 Å². The number of unbranched alkanes of at least 4 members (excludes halogenated alkanes) is 18. The van der Waals surface area contributed by atoms with Crippen molar-refractivity contribution < 1.29 is 24.5 Å². The fourth-order valence-electron chi connectivity index (χ4n) is 7.48. The number of aliphatic hydroxyl groups excluding tert-OH is 2. The predicted molar refractivity (Wildman–Crippen MR) is 277 cm³/mol. The number of rotatable bonds is 46. The molecule has 366 valence electrons. The van der Waals surface area contributed by atoms with Crippen molar-refractivity contribution in [3.8, 4) is 0 Å². The number of allylic oxidation sites excluding steroid dienone is 16. The molecule has 0 saturated heterocycles.